The summed E-state index contributed by atoms with van der Waals surface area (Å²) in [7, 11) is 4.09. The number of aromatic amines is 1. The van der Waals surface area contributed by atoms with Gasteiger partial charge in [0.05, 0.1) is 19.7 Å². The molecule has 2 rings (SSSR count). The van der Waals surface area contributed by atoms with Gasteiger partial charge in [-0.3, -0.25) is 4.79 Å². The molecule has 4 heteroatoms. The Kier molecular flexibility index (Phi) is 3.35. The van der Waals surface area contributed by atoms with Crippen molar-refractivity contribution in [2.45, 2.75) is 13.5 Å². The van der Waals surface area contributed by atoms with E-state index in [4.69, 9.17) is 0 Å². The molecule has 0 aliphatic carbocycles. The Morgan fingerprint density at radius 2 is 2.06 bits per heavy atom. The van der Waals surface area contributed by atoms with Crippen LogP contribution in [0.5, 0.6) is 0 Å². The maximum atomic E-state index is 12.4. The first kappa shape index (κ1) is 12.3. The zero-order valence-corrected chi connectivity index (χ0v) is 11.8. The lowest BCUT2D eigenvalue weighted by molar-refractivity contribution is -0.872. The molecule has 0 radical (unpaired) electrons. The van der Waals surface area contributed by atoms with Crippen LogP contribution in [0.2, 0.25) is 0 Å². The van der Waals surface area contributed by atoms with Crippen LogP contribution in [0.25, 0.3) is 10.9 Å². The summed E-state index contributed by atoms with van der Waals surface area (Å²) in [5.41, 5.74) is 2.87. The summed E-state index contributed by atoms with van der Waals surface area (Å²) in [6.45, 7) is 2.70. The SMILES string of the molecule is Cc1[nH]c2ccc(Br)cc2c(=O)c1C[NH+](C)C. The van der Waals surface area contributed by atoms with Crippen molar-refractivity contribution in [2.75, 3.05) is 14.1 Å². The molecule has 0 unspecified atom stereocenters. The maximum Gasteiger partial charge on any atom is 0.198 e. The summed E-state index contributed by atoms with van der Waals surface area (Å²) in [5.74, 6) is 0. The third kappa shape index (κ3) is 2.42. The monoisotopic (exact) mass is 295 g/mol. The lowest BCUT2D eigenvalue weighted by Crippen LogP contribution is -3.04. The van der Waals surface area contributed by atoms with Crippen LogP contribution in [-0.4, -0.2) is 19.1 Å². The highest BCUT2D eigenvalue weighted by Gasteiger charge is 2.11. The van der Waals surface area contributed by atoms with Crippen LogP contribution in [0.15, 0.2) is 27.5 Å². The molecule has 90 valence electrons. The summed E-state index contributed by atoms with van der Waals surface area (Å²) in [6, 6.07) is 5.75. The van der Waals surface area contributed by atoms with Crippen LogP contribution >= 0.6 is 15.9 Å². The van der Waals surface area contributed by atoms with E-state index in [0.29, 0.717) is 0 Å². The van der Waals surface area contributed by atoms with E-state index in [2.05, 4.69) is 20.9 Å². The van der Waals surface area contributed by atoms with Crippen LogP contribution in [0.3, 0.4) is 0 Å². The molecule has 0 aliphatic rings. The highest BCUT2D eigenvalue weighted by molar-refractivity contribution is 9.10. The summed E-state index contributed by atoms with van der Waals surface area (Å²) >= 11 is 3.40. The number of quaternary nitrogens is 1. The van der Waals surface area contributed by atoms with Gasteiger partial charge in [0, 0.05) is 21.1 Å². The Hall–Kier alpha value is -1.13. The molecule has 0 spiro atoms. The van der Waals surface area contributed by atoms with Crippen molar-refractivity contribution in [2.24, 2.45) is 0 Å². The fraction of sp³-hybridized carbons (Fsp3) is 0.308. The van der Waals surface area contributed by atoms with Gasteiger partial charge in [-0.05, 0) is 25.1 Å². The molecular weight excluding hydrogens is 280 g/mol. The molecule has 2 N–H and O–H groups in total. The van der Waals surface area contributed by atoms with Gasteiger partial charge in [0.25, 0.3) is 0 Å². The summed E-state index contributed by atoms with van der Waals surface area (Å²) in [4.78, 5) is 16.9. The second-order valence-electron chi connectivity index (χ2n) is 4.63. The smallest absolute Gasteiger partial charge is 0.198 e. The molecule has 0 bridgehead atoms. The average molecular weight is 296 g/mol. The van der Waals surface area contributed by atoms with Crippen molar-refractivity contribution in [3.8, 4) is 0 Å². The van der Waals surface area contributed by atoms with Crippen LogP contribution < -0.4 is 10.3 Å². The van der Waals surface area contributed by atoms with Crippen molar-refractivity contribution >= 4 is 26.8 Å². The number of aryl methyl sites for hydroxylation is 1. The molecule has 1 heterocycles. The van der Waals surface area contributed by atoms with E-state index in [0.717, 1.165) is 33.2 Å². The number of hydrogen-bond acceptors (Lipinski definition) is 1. The van der Waals surface area contributed by atoms with Crippen molar-refractivity contribution in [3.05, 3.63) is 44.2 Å². The number of fused-ring (bicyclic) bond motifs is 1. The Bertz CT molecular complexity index is 617. The quantitative estimate of drug-likeness (QED) is 0.860. The Morgan fingerprint density at radius 3 is 2.71 bits per heavy atom. The fourth-order valence-electron chi connectivity index (χ4n) is 1.99. The van der Waals surface area contributed by atoms with Crippen LogP contribution in [0, 0.1) is 6.92 Å². The lowest BCUT2D eigenvalue weighted by atomic mass is 10.1. The largest absolute Gasteiger partial charge is 0.358 e. The molecule has 0 atom stereocenters. The van der Waals surface area contributed by atoms with Gasteiger partial charge < -0.3 is 9.88 Å². The molecule has 0 saturated carbocycles. The number of H-pyrrole nitrogens is 1. The standard InChI is InChI=1S/C13H15BrN2O/c1-8-11(7-16(2)3)13(17)10-6-9(14)4-5-12(10)15-8/h4-6H,7H2,1-3H3,(H,15,17)/p+1. The van der Waals surface area contributed by atoms with Gasteiger partial charge in [0.15, 0.2) is 5.43 Å². The highest BCUT2D eigenvalue weighted by Crippen LogP contribution is 2.16. The van der Waals surface area contributed by atoms with Crippen molar-refractivity contribution in [1.29, 1.82) is 0 Å². The number of pyridine rings is 1. The third-order valence-corrected chi connectivity index (χ3v) is 3.30. The minimum absolute atomic E-state index is 0.138. The van der Waals surface area contributed by atoms with Crippen molar-refractivity contribution < 1.29 is 4.90 Å². The number of nitrogens with one attached hydrogen (secondary N) is 2. The zero-order valence-electron chi connectivity index (χ0n) is 10.2. The van der Waals surface area contributed by atoms with E-state index in [-0.39, 0.29) is 5.43 Å². The number of benzene rings is 1. The molecule has 0 saturated heterocycles. The molecular formula is C13H16BrN2O+. The van der Waals surface area contributed by atoms with Gasteiger partial charge in [-0.1, -0.05) is 15.9 Å². The fourth-order valence-corrected chi connectivity index (χ4v) is 2.35. The maximum absolute atomic E-state index is 12.4. The van der Waals surface area contributed by atoms with E-state index in [1.54, 1.807) is 0 Å². The molecule has 2 aromatic rings. The molecule has 17 heavy (non-hydrogen) atoms. The van der Waals surface area contributed by atoms with E-state index in [1.807, 2.05) is 39.2 Å². The number of hydrogen-bond donors (Lipinski definition) is 2. The number of rotatable bonds is 2. The molecule has 1 aromatic heterocycles. The van der Waals surface area contributed by atoms with Crippen molar-refractivity contribution in [3.63, 3.8) is 0 Å². The van der Waals surface area contributed by atoms with Gasteiger partial charge in [0.2, 0.25) is 0 Å². The second kappa shape index (κ2) is 4.63. The van der Waals surface area contributed by atoms with E-state index < -0.39 is 0 Å². The van der Waals surface area contributed by atoms with Crippen LogP contribution in [-0.2, 0) is 6.54 Å². The van der Waals surface area contributed by atoms with Crippen molar-refractivity contribution in [1.82, 2.24) is 4.98 Å². The summed E-state index contributed by atoms with van der Waals surface area (Å²) in [6.07, 6.45) is 0. The highest BCUT2D eigenvalue weighted by atomic mass is 79.9. The number of halogens is 1. The molecule has 0 fully saturated rings. The van der Waals surface area contributed by atoms with E-state index >= 15 is 0 Å². The Labute approximate surface area is 109 Å². The Morgan fingerprint density at radius 1 is 1.35 bits per heavy atom. The molecule has 3 nitrogen and oxygen atoms in total. The van der Waals surface area contributed by atoms with E-state index in [1.165, 1.54) is 4.90 Å². The molecule has 0 amide bonds. The first-order chi connectivity index (χ1) is 7.99. The minimum atomic E-state index is 0.138. The summed E-state index contributed by atoms with van der Waals surface area (Å²) < 4.78 is 0.933. The first-order valence-electron chi connectivity index (χ1n) is 5.59. The molecule has 0 aliphatic heterocycles. The zero-order chi connectivity index (χ0) is 12.6. The predicted octanol–water partition coefficient (Wildman–Crippen LogP) is 1.24. The second-order valence-corrected chi connectivity index (χ2v) is 5.55. The predicted molar refractivity (Wildman–Crippen MR) is 73.5 cm³/mol. The average Bonchev–Trinajstić information content (AvgIpc) is 2.25. The van der Waals surface area contributed by atoms with Gasteiger partial charge in [-0.15, -0.1) is 0 Å². The van der Waals surface area contributed by atoms with Gasteiger partial charge in [-0.2, -0.15) is 0 Å². The summed E-state index contributed by atoms with van der Waals surface area (Å²) in [5, 5.41) is 0.751. The Balaban J connectivity index is 2.73. The topological polar surface area (TPSA) is 37.3 Å². The first-order valence-corrected chi connectivity index (χ1v) is 6.38. The number of aromatic nitrogens is 1. The van der Waals surface area contributed by atoms with Gasteiger partial charge in [0.1, 0.15) is 6.54 Å². The normalized spacial score (nSPS) is 11.4. The minimum Gasteiger partial charge on any atom is -0.358 e. The van der Waals surface area contributed by atoms with Gasteiger partial charge in [-0.25, -0.2) is 0 Å². The van der Waals surface area contributed by atoms with Gasteiger partial charge >= 0.3 is 0 Å². The molecule has 1 aromatic carbocycles. The third-order valence-electron chi connectivity index (χ3n) is 2.81. The lowest BCUT2D eigenvalue weighted by Gasteiger charge is -2.11. The van der Waals surface area contributed by atoms with Crippen LogP contribution in [0.1, 0.15) is 11.3 Å². The van der Waals surface area contributed by atoms with E-state index in [9.17, 15) is 4.79 Å². The van der Waals surface area contributed by atoms with Crippen LogP contribution in [0.4, 0.5) is 0 Å².